The van der Waals surface area contributed by atoms with E-state index in [1.54, 1.807) is 20.1 Å². The maximum absolute atomic E-state index is 12.2. The zero-order chi connectivity index (χ0) is 20.3. The number of ether oxygens (including phenoxy) is 4. The summed E-state index contributed by atoms with van der Waals surface area (Å²) in [5.74, 6) is 0.547. The predicted octanol–water partition coefficient (Wildman–Crippen LogP) is 1.84. The van der Waals surface area contributed by atoms with Crippen LogP contribution in [-0.2, 0) is 23.7 Å². The Hall–Kier alpha value is -1.83. The summed E-state index contributed by atoms with van der Waals surface area (Å²) in [6.45, 7) is 8.62. The maximum Gasteiger partial charge on any atom is 0.343 e. The molecule has 0 aromatic carbocycles. The molecule has 6 aliphatic heterocycles. The molecule has 29 heavy (non-hydrogen) atoms. The van der Waals surface area contributed by atoms with Crippen molar-refractivity contribution >= 4 is 5.97 Å². The monoisotopic (exact) mass is 401 g/mol. The lowest BCUT2D eigenvalue weighted by Crippen LogP contribution is -2.65. The highest BCUT2D eigenvalue weighted by Crippen LogP contribution is 2.73. The summed E-state index contributed by atoms with van der Waals surface area (Å²) >= 11 is 0. The Labute approximate surface area is 169 Å². The molecule has 0 aliphatic carbocycles. The fraction of sp³-hybridized carbons (Fsp3) is 0.682. The molecule has 1 spiro atoms. The molecule has 0 aromatic heterocycles. The van der Waals surface area contributed by atoms with Crippen molar-refractivity contribution in [3.05, 3.63) is 35.5 Å². The van der Waals surface area contributed by atoms with Gasteiger partial charge in [-0.1, -0.05) is 13.0 Å². The maximum atomic E-state index is 12.2. The third kappa shape index (κ3) is 1.72. The third-order valence-corrected chi connectivity index (χ3v) is 8.40. The summed E-state index contributed by atoms with van der Waals surface area (Å²) in [6, 6.07) is 0.285. The summed E-state index contributed by atoms with van der Waals surface area (Å²) in [4.78, 5) is 14.7. The molecular weight excluding hydrogens is 374 g/mol. The van der Waals surface area contributed by atoms with Gasteiger partial charge in [-0.05, 0) is 32.7 Å². The first-order valence-corrected chi connectivity index (χ1v) is 10.6. The molecular formula is C22H27NO6. The van der Waals surface area contributed by atoms with Crippen molar-refractivity contribution < 1.29 is 28.8 Å². The number of aliphatic hydroxyl groups is 1. The Kier molecular flexibility index (Phi) is 3.38. The average Bonchev–Trinajstić information content (AvgIpc) is 3.40. The zero-order valence-corrected chi connectivity index (χ0v) is 17.0. The van der Waals surface area contributed by atoms with E-state index in [9.17, 15) is 9.90 Å². The lowest BCUT2D eigenvalue weighted by Gasteiger charge is -2.49. The molecule has 5 saturated heterocycles. The van der Waals surface area contributed by atoms with Crippen LogP contribution in [0.3, 0.4) is 0 Å². The quantitative estimate of drug-likeness (QED) is 0.569. The van der Waals surface area contributed by atoms with Crippen LogP contribution < -0.4 is 0 Å². The van der Waals surface area contributed by atoms with Gasteiger partial charge in [-0.25, -0.2) is 4.79 Å². The van der Waals surface area contributed by atoms with E-state index in [4.69, 9.17) is 18.9 Å². The number of carbonyl (C=O) groups excluding carboxylic acids is 1. The topological polar surface area (TPSA) is 77.5 Å². The van der Waals surface area contributed by atoms with Gasteiger partial charge in [-0.2, -0.15) is 0 Å². The van der Waals surface area contributed by atoms with E-state index in [1.807, 2.05) is 0 Å². The minimum Gasteiger partial charge on any atom is -0.492 e. The van der Waals surface area contributed by atoms with E-state index < -0.39 is 23.4 Å². The summed E-state index contributed by atoms with van der Waals surface area (Å²) in [6.07, 6.45) is 3.58. The highest BCUT2D eigenvalue weighted by molar-refractivity contribution is 5.93. The first kappa shape index (κ1) is 18.0. The van der Waals surface area contributed by atoms with E-state index in [1.165, 1.54) is 0 Å². The molecule has 1 N–H and O–H groups in total. The minimum atomic E-state index is -0.772. The second-order valence-electron chi connectivity index (χ2n) is 9.25. The molecule has 7 heteroatoms. The lowest BCUT2D eigenvalue weighted by molar-refractivity contribution is -0.256. The number of aliphatic hydroxyl groups excluding tert-OH is 1. The molecule has 0 aromatic rings. The molecule has 5 fully saturated rings. The number of piperidine rings is 1. The largest absolute Gasteiger partial charge is 0.492 e. The van der Waals surface area contributed by atoms with Crippen molar-refractivity contribution in [2.24, 2.45) is 17.8 Å². The normalized spacial score (nSPS) is 52.1. The van der Waals surface area contributed by atoms with Gasteiger partial charge in [0.05, 0.1) is 36.3 Å². The van der Waals surface area contributed by atoms with Crippen molar-refractivity contribution in [2.45, 2.75) is 62.7 Å². The van der Waals surface area contributed by atoms with Crippen LogP contribution >= 0.6 is 0 Å². The van der Waals surface area contributed by atoms with Crippen LogP contribution in [0.1, 0.15) is 33.1 Å². The van der Waals surface area contributed by atoms with Crippen LogP contribution in [0.4, 0.5) is 0 Å². The number of cyclic esters (lactones) is 1. The molecule has 5 bridgehead atoms. The van der Waals surface area contributed by atoms with E-state index in [2.05, 4.69) is 18.4 Å². The molecule has 9 atom stereocenters. The van der Waals surface area contributed by atoms with Crippen LogP contribution in [0, 0.1) is 17.8 Å². The molecule has 0 radical (unpaired) electrons. The number of hydrogen-bond acceptors (Lipinski definition) is 7. The Balaban J connectivity index is 1.48. The highest BCUT2D eigenvalue weighted by Gasteiger charge is 2.85. The summed E-state index contributed by atoms with van der Waals surface area (Å²) in [5, 5.41) is 11.2. The van der Waals surface area contributed by atoms with Gasteiger partial charge in [0.25, 0.3) is 0 Å². The molecule has 6 aliphatic rings. The Morgan fingerprint density at radius 2 is 2.28 bits per heavy atom. The molecule has 0 saturated carbocycles. The van der Waals surface area contributed by atoms with Crippen LogP contribution in [0.5, 0.6) is 0 Å². The van der Waals surface area contributed by atoms with Gasteiger partial charge in [0.2, 0.25) is 11.5 Å². The fourth-order valence-corrected chi connectivity index (χ4v) is 7.58. The van der Waals surface area contributed by atoms with Crippen molar-refractivity contribution in [3.8, 4) is 0 Å². The van der Waals surface area contributed by atoms with Gasteiger partial charge in [-0.15, -0.1) is 6.58 Å². The summed E-state index contributed by atoms with van der Waals surface area (Å²) in [7, 11) is 1.54. The van der Waals surface area contributed by atoms with Crippen LogP contribution in [0.2, 0.25) is 0 Å². The molecule has 7 nitrogen and oxygen atoms in total. The van der Waals surface area contributed by atoms with Crippen LogP contribution in [-0.4, -0.2) is 59.2 Å². The van der Waals surface area contributed by atoms with Crippen molar-refractivity contribution in [1.82, 2.24) is 4.90 Å². The number of allylic oxidation sites excluding steroid dienone is 1. The van der Waals surface area contributed by atoms with E-state index in [0.717, 1.165) is 19.4 Å². The SMILES string of the molecule is C=CC[C@@H](O)[C@@]12[C@@H]3CCN1[C@H]1C[C@H]2O[C@@]32O/C(=C3\OC(=O)C(C)=C3OC)[C@@H](C)[C@H]12. The average molecular weight is 401 g/mol. The first-order valence-electron chi connectivity index (χ1n) is 10.6. The van der Waals surface area contributed by atoms with Gasteiger partial charge in [-0.3, -0.25) is 4.90 Å². The summed E-state index contributed by atoms with van der Waals surface area (Å²) < 4.78 is 24.4. The molecule has 0 amide bonds. The first-order chi connectivity index (χ1) is 13.9. The van der Waals surface area contributed by atoms with Crippen molar-refractivity contribution in [1.29, 1.82) is 0 Å². The number of rotatable bonds is 4. The highest BCUT2D eigenvalue weighted by atomic mass is 16.7. The molecule has 1 unspecified atom stereocenters. The van der Waals surface area contributed by atoms with Gasteiger partial charge in [0.1, 0.15) is 5.76 Å². The van der Waals surface area contributed by atoms with Gasteiger partial charge in [0.15, 0.2) is 5.76 Å². The summed E-state index contributed by atoms with van der Waals surface area (Å²) in [5.41, 5.74) is 0.0491. The van der Waals surface area contributed by atoms with Crippen molar-refractivity contribution in [3.63, 3.8) is 0 Å². The number of hydrogen-bond donors (Lipinski definition) is 1. The molecule has 156 valence electrons. The Morgan fingerprint density at radius 1 is 1.48 bits per heavy atom. The number of methoxy groups -OCH3 is 1. The van der Waals surface area contributed by atoms with Gasteiger partial charge >= 0.3 is 5.97 Å². The van der Waals surface area contributed by atoms with Crippen LogP contribution in [0.15, 0.2) is 35.5 Å². The molecule has 6 rings (SSSR count). The number of esters is 1. The Morgan fingerprint density at radius 3 is 3.00 bits per heavy atom. The van der Waals surface area contributed by atoms with Crippen LogP contribution in [0.25, 0.3) is 0 Å². The third-order valence-electron chi connectivity index (χ3n) is 8.40. The van der Waals surface area contributed by atoms with Gasteiger partial charge < -0.3 is 24.1 Å². The minimum absolute atomic E-state index is 0.0237. The standard InChI is InChI=1S/C22H27NO6/c1-5-6-14(24)21-13-7-8-23(21)12-9-15(21)28-22(13)16(12)10(2)18(29-22)19-17(26-4)11(3)20(25)27-19/h5,10,12-16,24H,1,6-9H2,2-4H3/b19-18-/t10-,12-,13-,14+,15+,16+,21+,22+/m0/s1. The second kappa shape index (κ2) is 5.45. The lowest BCUT2D eigenvalue weighted by atomic mass is 9.68. The predicted molar refractivity (Wildman–Crippen MR) is 101 cm³/mol. The van der Waals surface area contributed by atoms with E-state index in [-0.39, 0.29) is 29.9 Å². The second-order valence-corrected chi connectivity index (χ2v) is 9.25. The number of carbonyl (C=O) groups is 1. The number of fused-ring (bicyclic) bond motifs is 1. The molecule has 6 heterocycles. The zero-order valence-electron chi connectivity index (χ0n) is 17.0. The van der Waals surface area contributed by atoms with Crippen molar-refractivity contribution in [2.75, 3.05) is 13.7 Å². The van der Waals surface area contributed by atoms with E-state index >= 15 is 0 Å². The Bertz CT molecular complexity index is 894. The van der Waals surface area contributed by atoms with Gasteiger partial charge in [0, 0.05) is 17.9 Å². The fourth-order valence-electron chi connectivity index (χ4n) is 7.58. The van der Waals surface area contributed by atoms with E-state index in [0.29, 0.717) is 29.3 Å². The smallest absolute Gasteiger partial charge is 0.343 e. The number of nitrogens with zero attached hydrogens (tertiary/aromatic N) is 1.